The van der Waals surface area contributed by atoms with Crippen molar-refractivity contribution in [2.24, 2.45) is 5.92 Å². The highest BCUT2D eigenvalue weighted by Gasteiger charge is 2.24. The van der Waals surface area contributed by atoms with Gasteiger partial charge in [0.1, 0.15) is 17.0 Å². The Labute approximate surface area is 194 Å². The van der Waals surface area contributed by atoms with Crippen molar-refractivity contribution < 1.29 is 13.9 Å². The van der Waals surface area contributed by atoms with Crippen LogP contribution in [0.5, 0.6) is 5.75 Å². The molecule has 3 heterocycles. The minimum Gasteiger partial charge on any atom is -0.424 e. The summed E-state index contributed by atoms with van der Waals surface area (Å²) in [5, 5.41) is 0.594. The van der Waals surface area contributed by atoms with Crippen molar-refractivity contribution >= 4 is 45.3 Å². The number of nitrogens with zero attached hydrogens (tertiary/aromatic N) is 4. The van der Waals surface area contributed by atoms with Crippen molar-refractivity contribution in [2.45, 2.75) is 33.6 Å². The van der Waals surface area contributed by atoms with Crippen molar-refractivity contribution in [1.29, 1.82) is 0 Å². The molecule has 0 aliphatic rings. The Morgan fingerprint density at radius 2 is 1.82 bits per heavy atom. The molecule has 0 radical (unpaired) electrons. The molecule has 3 aromatic heterocycles. The molecule has 0 spiro atoms. The number of para-hydroxylation sites is 2. The number of imidazole rings is 1. The Kier molecular flexibility index (Phi) is 5.09. The van der Waals surface area contributed by atoms with Crippen LogP contribution in [0.25, 0.3) is 33.4 Å². The molecule has 6 nitrogen and oxygen atoms in total. The molecule has 0 fully saturated rings. The number of esters is 1. The summed E-state index contributed by atoms with van der Waals surface area (Å²) in [5.41, 5.74) is 3.52. The summed E-state index contributed by atoms with van der Waals surface area (Å²) in [6, 6.07) is 12.2. The van der Waals surface area contributed by atoms with Crippen LogP contribution in [0, 0.1) is 11.7 Å². The monoisotopic (exact) mass is 464 g/mol. The SMILES string of the molecule is CC(C)C(=O)Oc1cn(-c2ccc(F)c(Cl)c2)c2nc(C(C)C)n3c4ccccc4nc3c12. The van der Waals surface area contributed by atoms with Gasteiger partial charge in [-0.05, 0) is 30.3 Å². The molecule has 5 rings (SSSR count). The van der Waals surface area contributed by atoms with Crippen LogP contribution in [-0.2, 0) is 4.79 Å². The Balaban J connectivity index is 1.92. The number of halogens is 2. The topological polar surface area (TPSA) is 61.4 Å². The Hall–Kier alpha value is -3.45. The third-order valence-corrected chi connectivity index (χ3v) is 5.85. The van der Waals surface area contributed by atoms with E-state index in [4.69, 9.17) is 26.3 Å². The van der Waals surface area contributed by atoms with E-state index in [0.29, 0.717) is 28.1 Å². The Morgan fingerprint density at radius 3 is 2.52 bits per heavy atom. The third kappa shape index (κ3) is 3.43. The molecule has 0 saturated carbocycles. The van der Waals surface area contributed by atoms with Crippen molar-refractivity contribution in [1.82, 2.24) is 18.9 Å². The summed E-state index contributed by atoms with van der Waals surface area (Å²) in [4.78, 5) is 22.4. The molecular weight excluding hydrogens is 443 g/mol. The second-order valence-corrected chi connectivity index (χ2v) is 9.03. The van der Waals surface area contributed by atoms with Crippen molar-refractivity contribution in [3.05, 3.63) is 65.3 Å². The van der Waals surface area contributed by atoms with E-state index < -0.39 is 5.82 Å². The van der Waals surface area contributed by atoms with Gasteiger partial charge in [-0.15, -0.1) is 0 Å². The van der Waals surface area contributed by atoms with Gasteiger partial charge < -0.3 is 4.74 Å². The zero-order chi connectivity index (χ0) is 23.4. The first-order valence-corrected chi connectivity index (χ1v) is 11.1. The third-order valence-electron chi connectivity index (χ3n) is 5.56. The van der Waals surface area contributed by atoms with Crippen molar-refractivity contribution in [3.63, 3.8) is 0 Å². The van der Waals surface area contributed by atoms with Gasteiger partial charge in [-0.1, -0.05) is 51.4 Å². The first-order valence-electron chi connectivity index (χ1n) is 10.8. The summed E-state index contributed by atoms with van der Waals surface area (Å²) in [6.45, 7) is 7.67. The van der Waals surface area contributed by atoms with Gasteiger partial charge in [0.05, 0.1) is 28.2 Å². The minimum absolute atomic E-state index is 0.00761. The molecule has 2 aromatic carbocycles. The van der Waals surface area contributed by atoms with Gasteiger partial charge in [0.15, 0.2) is 17.0 Å². The normalized spacial score (nSPS) is 12.0. The first-order chi connectivity index (χ1) is 15.8. The van der Waals surface area contributed by atoms with Crippen molar-refractivity contribution in [2.75, 3.05) is 0 Å². The van der Waals surface area contributed by atoms with Crippen LogP contribution in [0.3, 0.4) is 0 Å². The van der Waals surface area contributed by atoms with Crippen LogP contribution in [0.1, 0.15) is 39.4 Å². The number of ether oxygens (including phenoxy) is 1. The molecule has 33 heavy (non-hydrogen) atoms. The smallest absolute Gasteiger partial charge is 0.313 e. The lowest BCUT2D eigenvalue weighted by molar-refractivity contribution is -0.137. The predicted molar refractivity (Wildman–Crippen MR) is 127 cm³/mol. The van der Waals surface area contributed by atoms with Gasteiger partial charge in [-0.3, -0.25) is 13.8 Å². The number of hydrogen-bond donors (Lipinski definition) is 0. The van der Waals surface area contributed by atoms with E-state index in [1.807, 2.05) is 28.7 Å². The van der Waals surface area contributed by atoms with Gasteiger partial charge in [0.2, 0.25) is 0 Å². The van der Waals surface area contributed by atoms with Crippen LogP contribution < -0.4 is 4.74 Å². The summed E-state index contributed by atoms with van der Waals surface area (Å²) in [7, 11) is 0. The summed E-state index contributed by atoms with van der Waals surface area (Å²) in [6.07, 6.45) is 1.69. The zero-order valence-corrected chi connectivity index (χ0v) is 19.4. The molecule has 0 N–H and O–H groups in total. The summed E-state index contributed by atoms with van der Waals surface area (Å²) in [5.74, 6) is 0.0277. The van der Waals surface area contributed by atoms with Crippen LogP contribution in [0.2, 0.25) is 5.02 Å². The van der Waals surface area contributed by atoms with Gasteiger partial charge in [-0.2, -0.15) is 0 Å². The number of fused-ring (bicyclic) bond motifs is 5. The molecular formula is C25H22ClFN4O2. The molecule has 8 heteroatoms. The average Bonchev–Trinajstić information content (AvgIpc) is 3.33. The Morgan fingerprint density at radius 1 is 1.06 bits per heavy atom. The van der Waals surface area contributed by atoms with E-state index in [-0.39, 0.29) is 22.8 Å². The lowest BCUT2D eigenvalue weighted by atomic mass is 10.2. The zero-order valence-electron chi connectivity index (χ0n) is 18.6. The van der Waals surface area contributed by atoms with E-state index >= 15 is 0 Å². The Bertz CT molecular complexity index is 1550. The highest BCUT2D eigenvalue weighted by molar-refractivity contribution is 6.30. The molecule has 0 unspecified atom stereocenters. The molecule has 0 atom stereocenters. The number of hydrogen-bond acceptors (Lipinski definition) is 4. The first kappa shape index (κ1) is 21.4. The van der Waals surface area contributed by atoms with Crippen LogP contribution in [0.4, 0.5) is 4.39 Å². The summed E-state index contributed by atoms with van der Waals surface area (Å²) < 4.78 is 23.4. The maximum atomic E-state index is 13.9. The quantitative estimate of drug-likeness (QED) is 0.293. The molecule has 0 saturated heterocycles. The van der Waals surface area contributed by atoms with E-state index in [1.165, 1.54) is 12.1 Å². The largest absolute Gasteiger partial charge is 0.424 e. The lowest BCUT2D eigenvalue weighted by Gasteiger charge is -2.12. The summed E-state index contributed by atoms with van der Waals surface area (Å²) >= 11 is 6.07. The standard InChI is InChI=1S/C25H22ClFN4O2/c1-13(2)22-29-23-21(24-28-18-7-5-6-8-19(18)31(22)24)20(33-25(32)14(3)4)12-30(23)15-9-10-17(27)16(26)11-15/h5-14H,1-4H3. The fourth-order valence-corrected chi connectivity index (χ4v) is 4.08. The average molecular weight is 465 g/mol. The van der Waals surface area contributed by atoms with Crippen LogP contribution in [0.15, 0.2) is 48.7 Å². The molecule has 168 valence electrons. The van der Waals surface area contributed by atoms with Gasteiger partial charge >= 0.3 is 5.97 Å². The number of carbonyl (C=O) groups is 1. The second-order valence-electron chi connectivity index (χ2n) is 8.62. The predicted octanol–water partition coefficient (Wildman–Crippen LogP) is 6.30. The van der Waals surface area contributed by atoms with Gasteiger partial charge in [-0.25, -0.2) is 14.4 Å². The molecule has 0 amide bonds. The number of rotatable bonds is 4. The number of benzene rings is 2. The molecule has 5 aromatic rings. The highest BCUT2D eigenvalue weighted by Crippen LogP contribution is 2.37. The maximum absolute atomic E-state index is 13.9. The van der Waals surface area contributed by atoms with E-state index in [0.717, 1.165) is 16.9 Å². The van der Waals surface area contributed by atoms with Crippen LogP contribution in [-0.4, -0.2) is 24.9 Å². The van der Waals surface area contributed by atoms with Gasteiger partial charge in [0, 0.05) is 11.6 Å². The second kappa shape index (κ2) is 7.85. The van der Waals surface area contributed by atoms with Crippen LogP contribution >= 0.6 is 11.6 Å². The number of aromatic nitrogens is 4. The fraction of sp³-hybridized carbons (Fsp3) is 0.240. The highest BCUT2D eigenvalue weighted by atomic mass is 35.5. The van der Waals surface area contributed by atoms with E-state index in [9.17, 15) is 9.18 Å². The van der Waals surface area contributed by atoms with Crippen molar-refractivity contribution in [3.8, 4) is 11.4 Å². The lowest BCUT2D eigenvalue weighted by Crippen LogP contribution is -2.14. The van der Waals surface area contributed by atoms with E-state index in [2.05, 4.69) is 13.8 Å². The molecule has 0 aliphatic heterocycles. The van der Waals surface area contributed by atoms with Gasteiger partial charge in [0.25, 0.3) is 0 Å². The molecule has 0 bridgehead atoms. The minimum atomic E-state index is -0.513. The number of carbonyl (C=O) groups excluding carboxylic acids is 1. The maximum Gasteiger partial charge on any atom is 0.313 e. The fourth-order valence-electron chi connectivity index (χ4n) is 3.90. The molecule has 0 aliphatic carbocycles. The van der Waals surface area contributed by atoms with E-state index in [1.54, 1.807) is 30.7 Å².